The van der Waals surface area contributed by atoms with Gasteiger partial charge in [-0.15, -0.1) is 11.6 Å². The van der Waals surface area contributed by atoms with E-state index in [0.717, 1.165) is 12.2 Å². The predicted octanol–water partition coefficient (Wildman–Crippen LogP) is 4.85. The van der Waals surface area contributed by atoms with Crippen LogP contribution in [0.3, 0.4) is 0 Å². The molecule has 17 heavy (non-hydrogen) atoms. The Balaban J connectivity index is 3.13. The van der Waals surface area contributed by atoms with Gasteiger partial charge in [-0.1, -0.05) is 26.0 Å². The highest BCUT2D eigenvalue weighted by atomic mass is 35.5. The summed E-state index contributed by atoms with van der Waals surface area (Å²) >= 11 is 5.71. The SMILES string of the molecule is COc1ccc(C(C)C)cc1/C(C)=C/CCCl. The van der Waals surface area contributed by atoms with Gasteiger partial charge in [-0.2, -0.15) is 0 Å². The van der Waals surface area contributed by atoms with Gasteiger partial charge in [0.2, 0.25) is 0 Å². The van der Waals surface area contributed by atoms with Gasteiger partial charge in [-0.25, -0.2) is 0 Å². The van der Waals surface area contributed by atoms with Gasteiger partial charge in [-0.05, 0) is 42.5 Å². The Kier molecular flexibility index (Phi) is 5.57. The molecule has 0 N–H and O–H groups in total. The highest BCUT2D eigenvalue weighted by Crippen LogP contribution is 2.29. The molecule has 0 radical (unpaired) electrons. The topological polar surface area (TPSA) is 9.23 Å². The molecule has 0 heterocycles. The first-order chi connectivity index (χ1) is 8.10. The van der Waals surface area contributed by atoms with E-state index >= 15 is 0 Å². The van der Waals surface area contributed by atoms with E-state index in [2.05, 4.69) is 39.0 Å². The molecular weight excluding hydrogens is 232 g/mol. The number of allylic oxidation sites excluding steroid dienone is 2. The van der Waals surface area contributed by atoms with E-state index in [4.69, 9.17) is 16.3 Å². The number of hydrogen-bond acceptors (Lipinski definition) is 1. The lowest BCUT2D eigenvalue weighted by molar-refractivity contribution is 0.413. The number of benzene rings is 1. The van der Waals surface area contributed by atoms with Crippen LogP contribution in [-0.4, -0.2) is 13.0 Å². The van der Waals surface area contributed by atoms with E-state index in [0.29, 0.717) is 11.8 Å². The molecule has 0 aromatic heterocycles. The molecular formula is C15H21ClO. The van der Waals surface area contributed by atoms with Crippen molar-refractivity contribution in [2.75, 3.05) is 13.0 Å². The first-order valence-corrected chi connectivity index (χ1v) is 6.54. The van der Waals surface area contributed by atoms with Gasteiger partial charge >= 0.3 is 0 Å². The summed E-state index contributed by atoms with van der Waals surface area (Å²) in [5.74, 6) is 2.11. The second kappa shape index (κ2) is 6.70. The molecule has 0 spiro atoms. The third kappa shape index (κ3) is 3.78. The molecule has 94 valence electrons. The first kappa shape index (κ1) is 14.1. The summed E-state index contributed by atoms with van der Waals surface area (Å²) in [5.41, 5.74) is 3.73. The van der Waals surface area contributed by atoms with Crippen molar-refractivity contribution in [3.05, 3.63) is 35.4 Å². The third-order valence-corrected chi connectivity index (χ3v) is 3.09. The molecule has 1 aromatic carbocycles. The number of methoxy groups -OCH3 is 1. The molecule has 0 unspecified atom stereocenters. The van der Waals surface area contributed by atoms with Crippen LogP contribution in [-0.2, 0) is 0 Å². The maximum absolute atomic E-state index is 5.71. The number of halogens is 1. The van der Waals surface area contributed by atoms with E-state index in [-0.39, 0.29) is 0 Å². The van der Waals surface area contributed by atoms with Crippen LogP contribution in [0.2, 0.25) is 0 Å². The fourth-order valence-corrected chi connectivity index (χ4v) is 1.88. The Morgan fingerprint density at radius 2 is 2.12 bits per heavy atom. The maximum Gasteiger partial charge on any atom is 0.126 e. The Labute approximate surface area is 109 Å². The van der Waals surface area contributed by atoms with Crippen molar-refractivity contribution in [1.82, 2.24) is 0 Å². The van der Waals surface area contributed by atoms with Crippen LogP contribution in [0.4, 0.5) is 0 Å². The van der Waals surface area contributed by atoms with Crippen molar-refractivity contribution < 1.29 is 4.74 Å². The van der Waals surface area contributed by atoms with Gasteiger partial charge in [0.1, 0.15) is 5.75 Å². The van der Waals surface area contributed by atoms with E-state index < -0.39 is 0 Å². The van der Waals surface area contributed by atoms with Crippen molar-refractivity contribution in [3.63, 3.8) is 0 Å². The summed E-state index contributed by atoms with van der Waals surface area (Å²) in [6.07, 6.45) is 3.05. The van der Waals surface area contributed by atoms with E-state index in [1.54, 1.807) is 7.11 Å². The lowest BCUT2D eigenvalue weighted by atomic mass is 9.96. The molecule has 1 rings (SSSR count). The van der Waals surface area contributed by atoms with Crippen LogP contribution in [0.5, 0.6) is 5.75 Å². The highest BCUT2D eigenvalue weighted by Gasteiger charge is 2.08. The molecule has 0 atom stereocenters. The molecule has 0 aliphatic rings. The van der Waals surface area contributed by atoms with Crippen LogP contribution >= 0.6 is 11.6 Å². The monoisotopic (exact) mass is 252 g/mol. The molecule has 0 aliphatic heterocycles. The molecule has 0 saturated heterocycles. The normalized spacial score (nSPS) is 12.0. The molecule has 0 saturated carbocycles. The standard InChI is InChI=1S/C15H21ClO/c1-11(2)13-7-8-15(17-4)14(10-13)12(3)6-5-9-16/h6-8,10-11H,5,9H2,1-4H3/b12-6+. The Hall–Kier alpha value is -0.950. The minimum atomic E-state index is 0.528. The number of hydrogen-bond donors (Lipinski definition) is 0. The minimum Gasteiger partial charge on any atom is -0.496 e. The molecule has 1 aromatic rings. The largest absolute Gasteiger partial charge is 0.496 e. The summed E-state index contributed by atoms with van der Waals surface area (Å²) in [6, 6.07) is 6.38. The van der Waals surface area contributed by atoms with Crippen molar-refractivity contribution >= 4 is 17.2 Å². The summed E-state index contributed by atoms with van der Waals surface area (Å²) in [4.78, 5) is 0. The van der Waals surface area contributed by atoms with Crippen LogP contribution < -0.4 is 4.74 Å². The summed E-state index contributed by atoms with van der Waals surface area (Å²) in [7, 11) is 1.71. The molecule has 1 nitrogen and oxygen atoms in total. The van der Waals surface area contributed by atoms with Crippen LogP contribution in [0.1, 0.15) is 44.2 Å². The molecule has 0 amide bonds. The summed E-state index contributed by atoms with van der Waals surface area (Å²) in [6.45, 7) is 6.50. The van der Waals surface area contributed by atoms with Crippen LogP contribution in [0, 0.1) is 0 Å². The Morgan fingerprint density at radius 3 is 2.65 bits per heavy atom. The number of rotatable bonds is 5. The lowest BCUT2D eigenvalue weighted by Crippen LogP contribution is -1.94. The number of alkyl halides is 1. The average Bonchev–Trinajstić information content (AvgIpc) is 2.34. The van der Waals surface area contributed by atoms with Gasteiger partial charge in [-0.3, -0.25) is 0 Å². The summed E-state index contributed by atoms with van der Waals surface area (Å²) in [5, 5.41) is 0. The zero-order chi connectivity index (χ0) is 12.8. The zero-order valence-electron chi connectivity index (χ0n) is 11.1. The van der Waals surface area contributed by atoms with Gasteiger partial charge in [0.05, 0.1) is 7.11 Å². The second-order valence-corrected chi connectivity index (χ2v) is 4.86. The fourth-order valence-electron chi connectivity index (χ4n) is 1.77. The highest BCUT2D eigenvalue weighted by molar-refractivity contribution is 6.17. The molecule has 0 fully saturated rings. The lowest BCUT2D eigenvalue weighted by Gasteiger charge is -2.13. The van der Waals surface area contributed by atoms with E-state index in [1.807, 2.05) is 6.07 Å². The smallest absolute Gasteiger partial charge is 0.126 e. The second-order valence-electron chi connectivity index (χ2n) is 4.48. The molecule has 2 heteroatoms. The van der Waals surface area contributed by atoms with Gasteiger partial charge < -0.3 is 4.74 Å². The van der Waals surface area contributed by atoms with E-state index in [1.165, 1.54) is 16.7 Å². The van der Waals surface area contributed by atoms with Crippen LogP contribution in [0.25, 0.3) is 5.57 Å². The fraction of sp³-hybridized carbons (Fsp3) is 0.467. The molecule has 0 bridgehead atoms. The Bertz CT molecular complexity index is 394. The quantitative estimate of drug-likeness (QED) is 0.681. The predicted molar refractivity (Wildman–Crippen MR) is 76.1 cm³/mol. The minimum absolute atomic E-state index is 0.528. The van der Waals surface area contributed by atoms with Crippen molar-refractivity contribution in [2.24, 2.45) is 0 Å². The average molecular weight is 253 g/mol. The van der Waals surface area contributed by atoms with Crippen molar-refractivity contribution in [3.8, 4) is 5.75 Å². The molecule has 0 aliphatic carbocycles. The maximum atomic E-state index is 5.71. The van der Waals surface area contributed by atoms with Gasteiger partial charge in [0, 0.05) is 11.4 Å². The van der Waals surface area contributed by atoms with Gasteiger partial charge in [0.25, 0.3) is 0 Å². The van der Waals surface area contributed by atoms with Gasteiger partial charge in [0.15, 0.2) is 0 Å². The first-order valence-electron chi connectivity index (χ1n) is 6.01. The number of ether oxygens (including phenoxy) is 1. The zero-order valence-corrected chi connectivity index (χ0v) is 11.8. The summed E-state index contributed by atoms with van der Waals surface area (Å²) < 4.78 is 5.41. The van der Waals surface area contributed by atoms with Crippen LogP contribution in [0.15, 0.2) is 24.3 Å². The third-order valence-electron chi connectivity index (χ3n) is 2.87. The van der Waals surface area contributed by atoms with Crippen molar-refractivity contribution in [1.29, 1.82) is 0 Å². The van der Waals surface area contributed by atoms with Crippen molar-refractivity contribution in [2.45, 2.75) is 33.1 Å². The van der Waals surface area contributed by atoms with E-state index in [9.17, 15) is 0 Å². The Morgan fingerprint density at radius 1 is 1.41 bits per heavy atom.